The van der Waals surface area contributed by atoms with Crippen molar-refractivity contribution in [1.29, 1.82) is 0 Å². The minimum Gasteiger partial charge on any atom is -0.369 e. The molecule has 0 N–H and O–H groups in total. The Bertz CT molecular complexity index is 790. The van der Waals surface area contributed by atoms with Gasteiger partial charge >= 0.3 is 6.01 Å². The lowest BCUT2D eigenvalue weighted by molar-refractivity contribution is 0.0399. The van der Waals surface area contributed by atoms with Crippen molar-refractivity contribution in [2.45, 2.75) is 6.10 Å². The van der Waals surface area contributed by atoms with Crippen LogP contribution in [-0.4, -0.2) is 29.8 Å². The van der Waals surface area contributed by atoms with Crippen LogP contribution in [0, 0.1) is 0 Å². The molecule has 4 rings (SSSR count). The minimum absolute atomic E-state index is 0.0465. The zero-order valence-corrected chi connectivity index (χ0v) is 13.8. The molecule has 23 heavy (non-hydrogen) atoms. The van der Waals surface area contributed by atoms with Crippen molar-refractivity contribution >= 4 is 29.0 Å². The molecule has 1 saturated heterocycles. The monoisotopic (exact) mass is 347 g/mol. The maximum Gasteiger partial charge on any atom is 0.324 e. The Hall–Kier alpha value is -1.89. The highest BCUT2D eigenvalue weighted by atomic mass is 35.5. The number of morpholine rings is 1. The molecule has 3 aromatic rings. The van der Waals surface area contributed by atoms with Gasteiger partial charge in [-0.3, -0.25) is 0 Å². The fourth-order valence-electron chi connectivity index (χ4n) is 2.56. The molecule has 1 aromatic carbocycles. The molecule has 0 amide bonds. The van der Waals surface area contributed by atoms with Gasteiger partial charge in [0.1, 0.15) is 6.10 Å². The summed E-state index contributed by atoms with van der Waals surface area (Å²) >= 11 is 7.71. The van der Waals surface area contributed by atoms with E-state index in [4.69, 9.17) is 20.9 Å². The van der Waals surface area contributed by atoms with E-state index in [0.717, 1.165) is 12.1 Å². The van der Waals surface area contributed by atoms with Crippen molar-refractivity contribution in [3.8, 4) is 11.4 Å². The van der Waals surface area contributed by atoms with Gasteiger partial charge in [0, 0.05) is 22.0 Å². The maximum absolute atomic E-state index is 6.01. The van der Waals surface area contributed by atoms with Gasteiger partial charge in [0.15, 0.2) is 0 Å². The number of benzene rings is 1. The number of thiophene rings is 1. The van der Waals surface area contributed by atoms with Crippen LogP contribution < -0.4 is 4.90 Å². The Morgan fingerprint density at radius 1 is 1.26 bits per heavy atom. The van der Waals surface area contributed by atoms with Crippen LogP contribution in [0.15, 0.2) is 46.3 Å². The first-order valence-electron chi connectivity index (χ1n) is 7.29. The third-order valence-corrected chi connectivity index (χ3v) is 4.90. The van der Waals surface area contributed by atoms with E-state index in [0.29, 0.717) is 30.0 Å². The molecule has 0 saturated carbocycles. The molecule has 0 aliphatic carbocycles. The summed E-state index contributed by atoms with van der Waals surface area (Å²) in [5, 5.41) is 6.77. The van der Waals surface area contributed by atoms with Gasteiger partial charge in [0.05, 0.1) is 13.2 Å². The molecule has 118 valence electrons. The fourth-order valence-corrected chi connectivity index (χ4v) is 3.51. The van der Waals surface area contributed by atoms with Crippen LogP contribution in [0.5, 0.6) is 0 Å². The van der Waals surface area contributed by atoms with Crippen molar-refractivity contribution in [3.63, 3.8) is 0 Å². The molecule has 0 spiro atoms. The van der Waals surface area contributed by atoms with Crippen LogP contribution >= 0.6 is 22.9 Å². The SMILES string of the molecule is Clc1cccc(-c2noc(N3CCOC(c4cccs4)C3)n2)c1. The molecule has 7 heteroatoms. The van der Waals surface area contributed by atoms with Crippen LogP contribution in [0.25, 0.3) is 11.4 Å². The van der Waals surface area contributed by atoms with Crippen molar-refractivity contribution < 1.29 is 9.26 Å². The van der Waals surface area contributed by atoms with Crippen molar-refractivity contribution in [1.82, 2.24) is 10.1 Å². The summed E-state index contributed by atoms with van der Waals surface area (Å²) in [7, 11) is 0. The third kappa shape index (κ3) is 3.10. The smallest absolute Gasteiger partial charge is 0.324 e. The van der Waals surface area contributed by atoms with E-state index in [1.54, 1.807) is 11.3 Å². The molecule has 1 unspecified atom stereocenters. The Balaban J connectivity index is 1.54. The molecule has 1 fully saturated rings. The number of ether oxygens (including phenoxy) is 1. The molecular formula is C16H14ClN3O2S. The predicted octanol–water partition coefficient (Wildman–Crippen LogP) is 4.03. The second kappa shape index (κ2) is 6.31. The summed E-state index contributed by atoms with van der Waals surface area (Å²) in [4.78, 5) is 7.78. The minimum atomic E-state index is 0.0465. The summed E-state index contributed by atoms with van der Waals surface area (Å²) in [6.45, 7) is 2.08. The van der Waals surface area contributed by atoms with E-state index >= 15 is 0 Å². The first kappa shape index (κ1) is 14.7. The molecule has 0 bridgehead atoms. The Kier molecular flexibility index (Phi) is 4.03. The van der Waals surface area contributed by atoms with Crippen molar-refractivity contribution in [2.75, 3.05) is 24.6 Å². The summed E-state index contributed by atoms with van der Waals surface area (Å²) in [5.41, 5.74) is 0.843. The van der Waals surface area contributed by atoms with Crippen molar-refractivity contribution in [2.24, 2.45) is 0 Å². The van der Waals surface area contributed by atoms with Gasteiger partial charge in [-0.2, -0.15) is 4.98 Å². The standard InChI is InChI=1S/C16H14ClN3O2S/c17-12-4-1-3-11(9-12)15-18-16(22-19-15)20-6-7-21-13(10-20)14-5-2-8-23-14/h1-5,8-9,13H,6-7,10H2. The molecule has 1 aliphatic heterocycles. The molecule has 1 atom stereocenters. The maximum atomic E-state index is 6.01. The number of halogens is 1. The van der Waals surface area contributed by atoms with Crippen LogP contribution in [-0.2, 0) is 4.74 Å². The van der Waals surface area contributed by atoms with E-state index in [-0.39, 0.29) is 6.10 Å². The molecular weight excluding hydrogens is 334 g/mol. The topological polar surface area (TPSA) is 51.4 Å². The van der Waals surface area contributed by atoms with Gasteiger partial charge in [0.2, 0.25) is 5.82 Å². The first-order chi connectivity index (χ1) is 11.3. The van der Waals surface area contributed by atoms with Gasteiger partial charge in [-0.05, 0) is 23.6 Å². The number of rotatable bonds is 3. The van der Waals surface area contributed by atoms with Gasteiger partial charge in [-0.1, -0.05) is 35.0 Å². The number of hydrogen-bond donors (Lipinski definition) is 0. The van der Waals surface area contributed by atoms with Gasteiger partial charge in [0.25, 0.3) is 0 Å². The van der Waals surface area contributed by atoms with E-state index < -0.39 is 0 Å². The van der Waals surface area contributed by atoms with Crippen LogP contribution in [0.1, 0.15) is 11.0 Å². The molecule has 3 heterocycles. The second-order valence-corrected chi connectivity index (χ2v) is 6.65. The van der Waals surface area contributed by atoms with Crippen LogP contribution in [0.4, 0.5) is 6.01 Å². The zero-order chi connectivity index (χ0) is 15.6. The number of hydrogen-bond acceptors (Lipinski definition) is 6. The highest BCUT2D eigenvalue weighted by Gasteiger charge is 2.26. The van der Waals surface area contributed by atoms with Crippen LogP contribution in [0.2, 0.25) is 5.02 Å². The fraction of sp³-hybridized carbons (Fsp3) is 0.250. The normalized spacial score (nSPS) is 18.3. The van der Waals surface area contributed by atoms with E-state index in [2.05, 4.69) is 26.5 Å². The average molecular weight is 348 g/mol. The predicted molar refractivity (Wildman–Crippen MR) is 90.0 cm³/mol. The van der Waals surface area contributed by atoms with Gasteiger partial charge in [-0.25, -0.2) is 0 Å². The Morgan fingerprint density at radius 3 is 3.04 bits per heavy atom. The quantitative estimate of drug-likeness (QED) is 0.716. The third-order valence-electron chi connectivity index (χ3n) is 3.70. The van der Waals surface area contributed by atoms with Crippen LogP contribution in [0.3, 0.4) is 0 Å². The first-order valence-corrected chi connectivity index (χ1v) is 8.55. The summed E-state index contributed by atoms with van der Waals surface area (Å²) < 4.78 is 11.3. The molecule has 5 nitrogen and oxygen atoms in total. The average Bonchev–Trinajstić information content (AvgIpc) is 3.27. The van der Waals surface area contributed by atoms with Gasteiger partial charge < -0.3 is 14.2 Å². The highest BCUT2D eigenvalue weighted by molar-refractivity contribution is 7.10. The number of anilines is 1. The second-order valence-electron chi connectivity index (χ2n) is 5.23. The summed E-state index contributed by atoms with van der Waals surface area (Å²) in [6, 6.07) is 12.1. The molecule has 0 radical (unpaired) electrons. The summed E-state index contributed by atoms with van der Waals surface area (Å²) in [6.07, 6.45) is 0.0465. The lowest BCUT2D eigenvalue weighted by Crippen LogP contribution is -2.38. The van der Waals surface area contributed by atoms with Crippen molar-refractivity contribution in [3.05, 3.63) is 51.7 Å². The Morgan fingerprint density at radius 2 is 2.22 bits per heavy atom. The summed E-state index contributed by atoms with van der Waals surface area (Å²) in [5.74, 6) is 0.543. The lowest BCUT2D eigenvalue weighted by atomic mass is 10.2. The molecule has 1 aliphatic rings. The lowest BCUT2D eigenvalue weighted by Gasteiger charge is -2.30. The zero-order valence-electron chi connectivity index (χ0n) is 12.2. The number of aromatic nitrogens is 2. The highest BCUT2D eigenvalue weighted by Crippen LogP contribution is 2.29. The molecule has 2 aromatic heterocycles. The van der Waals surface area contributed by atoms with E-state index in [9.17, 15) is 0 Å². The van der Waals surface area contributed by atoms with E-state index in [1.165, 1.54) is 4.88 Å². The van der Waals surface area contributed by atoms with E-state index in [1.807, 2.05) is 30.3 Å². The van der Waals surface area contributed by atoms with Gasteiger partial charge in [-0.15, -0.1) is 11.3 Å². The Labute approximate surface area is 142 Å². The largest absolute Gasteiger partial charge is 0.369 e. The number of nitrogens with zero attached hydrogens (tertiary/aromatic N) is 3.